The van der Waals surface area contributed by atoms with Gasteiger partial charge in [0.1, 0.15) is 5.69 Å². The molecule has 9 heteroatoms. The molecule has 2 aliphatic heterocycles. The van der Waals surface area contributed by atoms with E-state index in [1.165, 1.54) is 11.5 Å². The molecule has 0 spiro atoms. The average Bonchev–Trinajstić information content (AvgIpc) is 3.28. The number of piperidine rings is 2. The Labute approximate surface area is 168 Å². The summed E-state index contributed by atoms with van der Waals surface area (Å²) >= 11 is 1.19. The van der Waals surface area contributed by atoms with Crippen LogP contribution < -0.4 is 0 Å². The number of nitrogens with zero attached hydrogens (tertiary/aromatic N) is 6. The number of amides is 2. The minimum absolute atomic E-state index is 0.0238. The zero-order valence-corrected chi connectivity index (χ0v) is 16.8. The summed E-state index contributed by atoms with van der Waals surface area (Å²) in [6.07, 6.45) is 8.19. The summed E-state index contributed by atoms with van der Waals surface area (Å²) in [5.74, 6) is 0.336. The average molecular weight is 401 g/mol. The van der Waals surface area contributed by atoms with Crippen molar-refractivity contribution >= 4 is 23.3 Å². The Morgan fingerprint density at radius 1 is 1.00 bits per heavy atom. The van der Waals surface area contributed by atoms with E-state index in [4.69, 9.17) is 0 Å². The van der Waals surface area contributed by atoms with E-state index in [-0.39, 0.29) is 17.9 Å². The third-order valence-corrected chi connectivity index (χ3v) is 6.26. The Hall–Kier alpha value is -2.42. The van der Waals surface area contributed by atoms with Crippen molar-refractivity contribution in [3.05, 3.63) is 34.9 Å². The van der Waals surface area contributed by atoms with Gasteiger partial charge in [0, 0.05) is 37.3 Å². The van der Waals surface area contributed by atoms with Gasteiger partial charge in [-0.05, 0) is 56.5 Å². The van der Waals surface area contributed by atoms with Crippen LogP contribution in [0, 0.1) is 12.8 Å². The smallest absolute Gasteiger partial charge is 0.275 e. The summed E-state index contributed by atoms with van der Waals surface area (Å²) in [5.41, 5.74) is 1.65. The molecule has 2 fully saturated rings. The zero-order chi connectivity index (χ0) is 19.5. The predicted molar refractivity (Wildman–Crippen MR) is 104 cm³/mol. The number of aromatic nitrogens is 4. The summed E-state index contributed by atoms with van der Waals surface area (Å²) in [5, 5.41) is 5.58. The van der Waals surface area contributed by atoms with Crippen LogP contribution in [0.25, 0.3) is 0 Å². The van der Waals surface area contributed by atoms with Crippen LogP contribution in [0.3, 0.4) is 0 Å². The Morgan fingerprint density at radius 3 is 2.50 bits per heavy atom. The molecular formula is C19H24N6O2S. The number of hydrogen-bond donors (Lipinski definition) is 0. The molecule has 0 saturated carbocycles. The molecule has 0 N–H and O–H groups in total. The summed E-state index contributed by atoms with van der Waals surface area (Å²) in [6, 6.07) is 0.211. The second kappa shape index (κ2) is 8.30. The van der Waals surface area contributed by atoms with Crippen molar-refractivity contribution in [3.8, 4) is 0 Å². The normalized spacial score (nSPS) is 21.0. The van der Waals surface area contributed by atoms with Gasteiger partial charge < -0.3 is 9.80 Å². The van der Waals surface area contributed by atoms with Crippen LogP contribution in [0.5, 0.6) is 0 Å². The van der Waals surface area contributed by atoms with Gasteiger partial charge in [-0.25, -0.2) is 4.98 Å². The molecule has 2 aliphatic rings. The van der Waals surface area contributed by atoms with Crippen molar-refractivity contribution in [3.63, 3.8) is 0 Å². The molecule has 1 unspecified atom stereocenters. The third kappa shape index (κ3) is 3.89. The van der Waals surface area contributed by atoms with Crippen molar-refractivity contribution < 1.29 is 9.59 Å². The lowest BCUT2D eigenvalue weighted by Gasteiger charge is -2.43. The first-order chi connectivity index (χ1) is 13.6. The van der Waals surface area contributed by atoms with Crippen molar-refractivity contribution in [1.82, 2.24) is 29.4 Å². The van der Waals surface area contributed by atoms with Crippen molar-refractivity contribution in [2.24, 2.45) is 5.92 Å². The maximum atomic E-state index is 13.0. The quantitative estimate of drug-likeness (QED) is 0.784. The Bertz CT molecular complexity index is 817. The molecule has 2 saturated heterocycles. The molecule has 0 radical (unpaired) electrons. The van der Waals surface area contributed by atoms with Crippen LogP contribution in [-0.2, 0) is 0 Å². The summed E-state index contributed by atoms with van der Waals surface area (Å²) in [6.45, 7) is 4.03. The molecule has 4 rings (SSSR count). The lowest BCUT2D eigenvalue weighted by atomic mass is 9.83. The lowest BCUT2D eigenvalue weighted by Crippen LogP contribution is -2.51. The molecule has 148 valence electrons. The van der Waals surface area contributed by atoms with E-state index in [9.17, 15) is 9.59 Å². The van der Waals surface area contributed by atoms with E-state index >= 15 is 0 Å². The Morgan fingerprint density at radius 2 is 1.82 bits per heavy atom. The lowest BCUT2D eigenvalue weighted by molar-refractivity contribution is 0.0369. The number of aryl methyl sites for hydroxylation is 1. The fourth-order valence-electron chi connectivity index (χ4n) is 4.26. The van der Waals surface area contributed by atoms with E-state index in [0.717, 1.165) is 44.3 Å². The van der Waals surface area contributed by atoms with Gasteiger partial charge in [0.05, 0.1) is 11.9 Å². The molecule has 0 aliphatic carbocycles. The number of carbonyl (C=O) groups is 2. The van der Waals surface area contributed by atoms with Crippen LogP contribution in [0.1, 0.15) is 58.8 Å². The number of carbonyl (C=O) groups excluding carboxylic acids is 2. The van der Waals surface area contributed by atoms with Crippen LogP contribution in [-0.4, -0.2) is 66.8 Å². The van der Waals surface area contributed by atoms with Crippen LogP contribution in [0.2, 0.25) is 0 Å². The van der Waals surface area contributed by atoms with E-state index in [0.29, 0.717) is 30.4 Å². The first-order valence-corrected chi connectivity index (χ1v) is 10.6. The molecule has 0 aromatic carbocycles. The highest BCUT2D eigenvalue weighted by Crippen LogP contribution is 2.31. The fourth-order valence-corrected chi connectivity index (χ4v) is 4.69. The first kappa shape index (κ1) is 18.9. The molecule has 2 amide bonds. The van der Waals surface area contributed by atoms with Gasteiger partial charge in [0.2, 0.25) is 0 Å². The van der Waals surface area contributed by atoms with Crippen molar-refractivity contribution in [1.29, 1.82) is 0 Å². The summed E-state index contributed by atoms with van der Waals surface area (Å²) in [4.78, 5) is 37.9. The minimum atomic E-state index is -0.0429. The zero-order valence-electron chi connectivity index (χ0n) is 16.0. The van der Waals surface area contributed by atoms with Crippen molar-refractivity contribution in [2.45, 2.75) is 45.1 Å². The molecular weight excluding hydrogens is 376 g/mol. The second-order valence-corrected chi connectivity index (χ2v) is 8.13. The molecule has 2 aromatic heterocycles. The van der Waals surface area contributed by atoms with Gasteiger partial charge >= 0.3 is 0 Å². The highest BCUT2D eigenvalue weighted by molar-refractivity contribution is 7.03. The SMILES string of the molecule is Cc1cnc(C(=O)N2CCCCC2C2CCN(C(=O)c3csnn3)CC2)cn1. The second-order valence-electron chi connectivity index (χ2n) is 7.52. The predicted octanol–water partition coefficient (Wildman–Crippen LogP) is 2.18. The standard InChI is InChI=1S/C19H24N6O2S/c1-13-10-21-15(11-20-13)19(27)25-7-3-2-4-17(25)14-5-8-24(9-6-14)18(26)16-12-28-23-22-16/h10-12,14,17H,2-9H2,1H3. The minimum Gasteiger partial charge on any atom is -0.337 e. The maximum absolute atomic E-state index is 13.0. The molecule has 28 heavy (non-hydrogen) atoms. The van der Waals surface area contributed by atoms with Crippen molar-refractivity contribution in [2.75, 3.05) is 19.6 Å². The summed E-state index contributed by atoms with van der Waals surface area (Å²) < 4.78 is 3.78. The van der Waals surface area contributed by atoms with Crippen LogP contribution in [0.15, 0.2) is 17.8 Å². The van der Waals surface area contributed by atoms with Crippen LogP contribution >= 0.6 is 11.5 Å². The number of rotatable bonds is 3. The molecule has 4 heterocycles. The van der Waals surface area contributed by atoms with E-state index in [1.54, 1.807) is 17.8 Å². The van der Waals surface area contributed by atoms with E-state index in [1.807, 2.05) is 16.7 Å². The first-order valence-electron chi connectivity index (χ1n) is 9.79. The molecule has 2 aromatic rings. The third-order valence-electron chi connectivity index (χ3n) is 5.76. The summed E-state index contributed by atoms with van der Waals surface area (Å²) in [7, 11) is 0. The Balaban J connectivity index is 1.42. The van der Waals surface area contributed by atoms with Gasteiger partial charge in [-0.1, -0.05) is 4.49 Å². The largest absolute Gasteiger partial charge is 0.337 e. The van der Waals surface area contributed by atoms with E-state index in [2.05, 4.69) is 19.6 Å². The van der Waals surface area contributed by atoms with Gasteiger partial charge in [0.25, 0.3) is 11.8 Å². The molecule has 8 nitrogen and oxygen atoms in total. The highest BCUT2D eigenvalue weighted by Gasteiger charge is 2.36. The monoisotopic (exact) mass is 400 g/mol. The van der Waals surface area contributed by atoms with E-state index < -0.39 is 0 Å². The van der Waals surface area contributed by atoms with Gasteiger partial charge in [-0.3, -0.25) is 14.6 Å². The fraction of sp³-hybridized carbons (Fsp3) is 0.579. The highest BCUT2D eigenvalue weighted by atomic mass is 32.1. The van der Waals surface area contributed by atoms with Gasteiger partial charge in [-0.15, -0.1) is 5.10 Å². The molecule has 0 bridgehead atoms. The number of hydrogen-bond acceptors (Lipinski definition) is 7. The van der Waals surface area contributed by atoms with Crippen LogP contribution in [0.4, 0.5) is 0 Å². The van der Waals surface area contributed by atoms with Gasteiger partial charge in [-0.2, -0.15) is 0 Å². The maximum Gasteiger partial charge on any atom is 0.275 e. The Kier molecular flexibility index (Phi) is 5.61. The topological polar surface area (TPSA) is 92.2 Å². The van der Waals surface area contributed by atoms with Gasteiger partial charge in [0.15, 0.2) is 5.69 Å². The molecule has 1 atom stereocenters. The number of likely N-dealkylation sites (tertiary alicyclic amines) is 2.